The number of aromatic nitrogens is 3. The summed E-state index contributed by atoms with van der Waals surface area (Å²) in [7, 11) is 1.86. The molecule has 9 heteroatoms. The second-order valence-electron chi connectivity index (χ2n) is 6.73. The van der Waals surface area contributed by atoms with Crippen molar-refractivity contribution in [3.63, 3.8) is 0 Å². The lowest BCUT2D eigenvalue weighted by molar-refractivity contribution is -0.119. The number of amides is 1. The van der Waals surface area contributed by atoms with Gasteiger partial charge in [0.2, 0.25) is 5.91 Å². The molecule has 0 aliphatic carbocycles. The van der Waals surface area contributed by atoms with Gasteiger partial charge in [0.1, 0.15) is 5.82 Å². The number of hydrogen-bond donors (Lipinski definition) is 1. The molecule has 0 radical (unpaired) electrons. The fourth-order valence-corrected chi connectivity index (χ4v) is 4.70. The average Bonchev–Trinajstić information content (AvgIpc) is 3.42. The molecule has 0 saturated carbocycles. The number of halogens is 2. The fraction of sp³-hybridized carbons (Fsp3) is 0.136. The number of nitrogens with zero attached hydrogens (tertiary/aromatic N) is 3. The molecule has 158 valence electrons. The summed E-state index contributed by atoms with van der Waals surface area (Å²) in [5.41, 5.74) is 1.72. The van der Waals surface area contributed by atoms with E-state index in [1.54, 1.807) is 24.3 Å². The molecule has 2 aromatic carbocycles. The van der Waals surface area contributed by atoms with Crippen LogP contribution in [0.3, 0.4) is 0 Å². The Hall–Kier alpha value is -2.68. The predicted molar refractivity (Wildman–Crippen MR) is 123 cm³/mol. The van der Waals surface area contributed by atoms with Crippen LogP contribution in [-0.2, 0) is 11.8 Å². The summed E-state index contributed by atoms with van der Waals surface area (Å²) in [6, 6.07) is 17.1. The molecule has 1 unspecified atom stereocenters. The molecule has 5 nitrogen and oxygen atoms in total. The van der Waals surface area contributed by atoms with Gasteiger partial charge in [-0.05, 0) is 53.4 Å². The lowest BCUT2D eigenvalue weighted by Crippen LogP contribution is -2.30. The number of thiophene rings is 1. The van der Waals surface area contributed by atoms with Crippen LogP contribution >= 0.6 is 34.7 Å². The van der Waals surface area contributed by atoms with Crippen LogP contribution in [0.5, 0.6) is 0 Å². The Balaban J connectivity index is 1.44. The van der Waals surface area contributed by atoms with E-state index in [1.165, 1.54) is 35.2 Å². The number of carbonyl (C=O) groups is 1. The molecule has 1 N–H and O–H groups in total. The highest BCUT2D eigenvalue weighted by Crippen LogP contribution is 2.27. The van der Waals surface area contributed by atoms with Crippen LogP contribution in [0.15, 0.2) is 71.2 Å². The second kappa shape index (κ2) is 9.64. The standard InChI is InChI=1S/C22H18ClFN4OS2/c1-28-21(15-4-8-16(23)9-5-15)26-27-22(28)31-13-19(29)25-20(18-3-2-12-30-18)14-6-10-17(24)11-7-14/h2-12,20H,13H2,1H3,(H,25,29). The Morgan fingerprint density at radius 1 is 1.16 bits per heavy atom. The van der Waals surface area contributed by atoms with E-state index in [9.17, 15) is 9.18 Å². The van der Waals surface area contributed by atoms with Crippen LogP contribution in [-0.4, -0.2) is 26.4 Å². The molecule has 1 atom stereocenters. The van der Waals surface area contributed by atoms with Crippen LogP contribution < -0.4 is 5.32 Å². The van der Waals surface area contributed by atoms with Crippen molar-refractivity contribution in [1.29, 1.82) is 0 Å². The normalized spacial score (nSPS) is 12.0. The number of rotatable bonds is 7. The first-order valence-electron chi connectivity index (χ1n) is 9.37. The summed E-state index contributed by atoms with van der Waals surface area (Å²) < 4.78 is 15.2. The Bertz CT molecular complexity index is 1160. The van der Waals surface area contributed by atoms with E-state index in [2.05, 4.69) is 15.5 Å². The van der Waals surface area contributed by atoms with Crippen molar-refractivity contribution in [3.05, 3.63) is 87.3 Å². The molecule has 2 heterocycles. The monoisotopic (exact) mass is 472 g/mol. The zero-order chi connectivity index (χ0) is 21.8. The molecular weight excluding hydrogens is 455 g/mol. The number of thioether (sulfide) groups is 1. The highest BCUT2D eigenvalue weighted by Gasteiger charge is 2.19. The summed E-state index contributed by atoms with van der Waals surface area (Å²) in [6.45, 7) is 0. The topological polar surface area (TPSA) is 59.8 Å². The Kier molecular flexibility index (Phi) is 6.70. The third-order valence-corrected chi connectivity index (χ3v) is 6.82. The van der Waals surface area contributed by atoms with E-state index in [4.69, 9.17) is 11.6 Å². The first-order valence-corrected chi connectivity index (χ1v) is 11.6. The van der Waals surface area contributed by atoms with Gasteiger partial charge in [0.25, 0.3) is 0 Å². The molecule has 0 bridgehead atoms. The molecule has 2 aromatic heterocycles. The lowest BCUT2D eigenvalue weighted by atomic mass is 10.1. The van der Waals surface area contributed by atoms with Crippen molar-refractivity contribution >= 4 is 40.6 Å². The third-order valence-electron chi connectivity index (χ3n) is 4.61. The maximum absolute atomic E-state index is 13.3. The zero-order valence-electron chi connectivity index (χ0n) is 16.5. The molecule has 0 aliphatic heterocycles. The minimum absolute atomic E-state index is 0.149. The van der Waals surface area contributed by atoms with E-state index < -0.39 is 0 Å². The minimum Gasteiger partial charge on any atom is -0.344 e. The minimum atomic E-state index is -0.335. The van der Waals surface area contributed by atoms with Crippen molar-refractivity contribution in [3.8, 4) is 11.4 Å². The highest BCUT2D eigenvalue weighted by molar-refractivity contribution is 7.99. The molecular formula is C22H18ClFN4OS2. The van der Waals surface area contributed by atoms with Gasteiger partial charge in [0, 0.05) is 22.5 Å². The Labute approximate surface area is 192 Å². The molecule has 31 heavy (non-hydrogen) atoms. The van der Waals surface area contributed by atoms with Gasteiger partial charge in [-0.2, -0.15) is 0 Å². The average molecular weight is 473 g/mol. The third kappa shape index (κ3) is 5.15. The fourth-order valence-electron chi connectivity index (χ4n) is 3.05. The van der Waals surface area contributed by atoms with E-state index in [1.807, 2.05) is 41.3 Å². The number of hydrogen-bond acceptors (Lipinski definition) is 5. The van der Waals surface area contributed by atoms with Gasteiger partial charge in [-0.15, -0.1) is 21.5 Å². The predicted octanol–water partition coefficient (Wildman–Crippen LogP) is 5.33. The van der Waals surface area contributed by atoms with Crippen LogP contribution in [0.25, 0.3) is 11.4 Å². The maximum Gasteiger partial charge on any atom is 0.231 e. The first kappa shape index (κ1) is 21.5. The molecule has 0 saturated heterocycles. The SMILES string of the molecule is Cn1c(SCC(=O)NC(c2ccc(F)cc2)c2cccs2)nnc1-c1ccc(Cl)cc1. The summed E-state index contributed by atoms with van der Waals surface area (Å²) in [5, 5.41) is 14.7. The molecule has 4 rings (SSSR count). The first-order chi connectivity index (χ1) is 15.0. The summed E-state index contributed by atoms with van der Waals surface area (Å²) >= 11 is 8.79. The van der Waals surface area contributed by atoms with Gasteiger partial charge < -0.3 is 9.88 Å². The van der Waals surface area contributed by atoms with Crippen molar-refractivity contribution in [2.45, 2.75) is 11.2 Å². The van der Waals surface area contributed by atoms with E-state index in [0.29, 0.717) is 16.0 Å². The second-order valence-corrected chi connectivity index (χ2v) is 9.09. The van der Waals surface area contributed by atoms with Crippen LogP contribution in [0, 0.1) is 5.82 Å². The lowest BCUT2D eigenvalue weighted by Gasteiger charge is -2.18. The molecule has 1 amide bonds. The highest BCUT2D eigenvalue weighted by atomic mass is 35.5. The zero-order valence-corrected chi connectivity index (χ0v) is 18.8. The van der Waals surface area contributed by atoms with Crippen LogP contribution in [0.1, 0.15) is 16.5 Å². The molecule has 0 fully saturated rings. The number of carbonyl (C=O) groups excluding carboxylic acids is 1. The van der Waals surface area contributed by atoms with Gasteiger partial charge in [0.05, 0.1) is 11.8 Å². The van der Waals surface area contributed by atoms with Gasteiger partial charge in [-0.25, -0.2) is 4.39 Å². The van der Waals surface area contributed by atoms with E-state index in [0.717, 1.165) is 16.0 Å². The van der Waals surface area contributed by atoms with Crippen molar-refractivity contribution in [2.75, 3.05) is 5.75 Å². The summed E-state index contributed by atoms with van der Waals surface area (Å²) in [5.74, 6) is 0.413. The van der Waals surface area contributed by atoms with Gasteiger partial charge in [-0.3, -0.25) is 4.79 Å². The Morgan fingerprint density at radius 2 is 1.90 bits per heavy atom. The van der Waals surface area contributed by atoms with E-state index in [-0.39, 0.29) is 23.5 Å². The molecule has 4 aromatic rings. The Morgan fingerprint density at radius 3 is 2.58 bits per heavy atom. The maximum atomic E-state index is 13.3. The van der Waals surface area contributed by atoms with Crippen molar-refractivity contribution in [1.82, 2.24) is 20.1 Å². The van der Waals surface area contributed by atoms with Crippen LogP contribution in [0.2, 0.25) is 5.02 Å². The smallest absolute Gasteiger partial charge is 0.231 e. The largest absolute Gasteiger partial charge is 0.344 e. The van der Waals surface area contributed by atoms with Gasteiger partial charge >= 0.3 is 0 Å². The van der Waals surface area contributed by atoms with Gasteiger partial charge in [-0.1, -0.05) is 41.6 Å². The molecule has 0 spiro atoms. The quantitative estimate of drug-likeness (QED) is 0.369. The van der Waals surface area contributed by atoms with Crippen molar-refractivity contribution in [2.24, 2.45) is 7.05 Å². The summed E-state index contributed by atoms with van der Waals surface area (Å²) in [6.07, 6.45) is 0. The summed E-state index contributed by atoms with van der Waals surface area (Å²) in [4.78, 5) is 13.7. The van der Waals surface area contributed by atoms with Crippen LogP contribution in [0.4, 0.5) is 4.39 Å². The number of benzene rings is 2. The van der Waals surface area contributed by atoms with E-state index >= 15 is 0 Å². The number of nitrogens with one attached hydrogen (secondary N) is 1. The van der Waals surface area contributed by atoms with Gasteiger partial charge in [0.15, 0.2) is 11.0 Å². The molecule has 0 aliphatic rings. The van der Waals surface area contributed by atoms with Crippen molar-refractivity contribution < 1.29 is 9.18 Å².